The highest BCUT2D eigenvalue weighted by molar-refractivity contribution is 5.77. The molecular formula is C16H28N4. The standard InChI is InChI=1S/C16H28N4/c1-4-5-6-7-11-18-16(17)19-13-14-9-8-10-15(12-14)20(2)3/h8-10,12H,4-7,11,13H2,1-3H3,(H3,17,18,19). The van der Waals surface area contributed by atoms with Gasteiger partial charge in [0.2, 0.25) is 0 Å². The van der Waals surface area contributed by atoms with Crippen LogP contribution in [0.25, 0.3) is 0 Å². The van der Waals surface area contributed by atoms with Crippen molar-refractivity contribution in [2.75, 3.05) is 25.5 Å². The molecule has 0 aliphatic carbocycles. The number of nitrogens with two attached hydrogens (primary N) is 1. The van der Waals surface area contributed by atoms with E-state index in [0.717, 1.165) is 13.0 Å². The van der Waals surface area contributed by atoms with Crippen LogP contribution < -0.4 is 16.0 Å². The topological polar surface area (TPSA) is 53.6 Å². The van der Waals surface area contributed by atoms with Crippen molar-refractivity contribution in [2.45, 2.75) is 39.2 Å². The SMILES string of the molecule is CCCCCCNC(N)=NCc1cccc(N(C)C)c1. The molecule has 0 amide bonds. The molecule has 0 aromatic heterocycles. The lowest BCUT2D eigenvalue weighted by molar-refractivity contribution is 0.652. The van der Waals surface area contributed by atoms with Crippen molar-refractivity contribution in [2.24, 2.45) is 10.7 Å². The predicted molar refractivity (Wildman–Crippen MR) is 88.2 cm³/mol. The van der Waals surface area contributed by atoms with Crippen molar-refractivity contribution >= 4 is 11.6 Å². The predicted octanol–water partition coefficient (Wildman–Crippen LogP) is 2.74. The van der Waals surface area contributed by atoms with E-state index in [1.54, 1.807) is 0 Å². The van der Waals surface area contributed by atoms with Gasteiger partial charge in [-0.2, -0.15) is 0 Å². The summed E-state index contributed by atoms with van der Waals surface area (Å²) in [6, 6.07) is 8.35. The molecule has 20 heavy (non-hydrogen) atoms. The molecule has 0 aliphatic rings. The van der Waals surface area contributed by atoms with Gasteiger partial charge in [0, 0.05) is 26.3 Å². The number of unbranched alkanes of at least 4 members (excludes halogenated alkanes) is 3. The van der Waals surface area contributed by atoms with E-state index in [4.69, 9.17) is 5.73 Å². The zero-order valence-corrected chi connectivity index (χ0v) is 13.0. The quantitative estimate of drug-likeness (QED) is 0.436. The average molecular weight is 276 g/mol. The van der Waals surface area contributed by atoms with Gasteiger partial charge in [-0.1, -0.05) is 38.3 Å². The highest BCUT2D eigenvalue weighted by Gasteiger charge is 1.98. The van der Waals surface area contributed by atoms with Gasteiger partial charge in [-0.05, 0) is 24.1 Å². The first-order chi connectivity index (χ1) is 9.63. The van der Waals surface area contributed by atoms with Crippen molar-refractivity contribution < 1.29 is 0 Å². The second-order valence-corrected chi connectivity index (χ2v) is 5.25. The Balaban J connectivity index is 2.36. The number of rotatable bonds is 8. The van der Waals surface area contributed by atoms with Gasteiger partial charge in [0.1, 0.15) is 0 Å². The Morgan fingerprint density at radius 1 is 1.25 bits per heavy atom. The molecule has 0 fully saturated rings. The molecule has 3 N–H and O–H groups in total. The van der Waals surface area contributed by atoms with Crippen LogP contribution in [0.15, 0.2) is 29.3 Å². The van der Waals surface area contributed by atoms with Gasteiger partial charge in [-0.15, -0.1) is 0 Å². The van der Waals surface area contributed by atoms with Crippen molar-refractivity contribution in [1.82, 2.24) is 5.32 Å². The first kappa shape index (κ1) is 16.3. The van der Waals surface area contributed by atoms with Crippen molar-refractivity contribution in [3.63, 3.8) is 0 Å². The Morgan fingerprint density at radius 2 is 2.05 bits per heavy atom. The summed E-state index contributed by atoms with van der Waals surface area (Å²) in [4.78, 5) is 6.46. The number of nitrogens with one attached hydrogen (secondary N) is 1. The molecule has 0 saturated heterocycles. The van der Waals surface area contributed by atoms with Gasteiger partial charge in [0.15, 0.2) is 5.96 Å². The van der Waals surface area contributed by atoms with E-state index in [9.17, 15) is 0 Å². The summed E-state index contributed by atoms with van der Waals surface area (Å²) < 4.78 is 0. The lowest BCUT2D eigenvalue weighted by atomic mass is 10.2. The number of nitrogens with zero attached hydrogens (tertiary/aromatic N) is 2. The van der Waals surface area contributed by atoms with Crippen LogP contribution in [-0.2, 0) is 6.54 Å². The summed E-state index contributed by atoms with van der Waals surface area (Å²) in [5, 5.41) is 3.17. The molecule has 0 unspecified atom stereocenters. The second-order valence-electron chi connectivity index (χ2n) is 5.25. The molecular weight excluding hydrogens is 248 g/mol. The van der Waals surface area contributed by atoms with Crippen molar-refractivity contribution in [3.8, 4) is 0 Å². The Labute approximate surface area is 123 Å². The maximum atomic E-state index is 5.86. The molecule has 0 spiro atoms. The van der Waals surface area contributed by atoms with Gasteiger partial charge < -0.3 is 16.0 Å². The van der Waals surface area contributed by atoms with E-state index in [0.29, 0.717) is 12.5 Å². The largest absolute Gasteiger partial charge is 0.378 e. The molecule has 1 rings (SSSR count). The van der Waals surface area contributed by atoms with Crippen LogP contribution in [0.5, 0.6) is 0 Å². The number of benzene rings is 1. The van der Waals surface area contributed by atoms with Crippen LogP contribution in [0.1, 0.15) is 38.2 Å². The van der Waals surface area contributed by atoms with Crippen LogP contribution in [0, 0.1) is 0 Å². The molecule has 4 heteroatoms. The molecule has 0 atom stereocenters. The van der Waals surface area contributed by atoms with Crippen LogP contribution in [0.4, 0.5) is 5.69 Å². The smallest absolute Gasteiger partial charge is 0.188 e. The average Bonchev–Trinajstić information content (AvgIpc) is 2.45. The molecule has 0 aliphatic heterocycles. The van der Waals surface area contributed by atoms with E-state index in [2.05, 4.69) is 46.4 Å². The Bertz CT molecular complexity index is 413. The number of anilines is 1. The first-order valence-electron chi connectivity index (χ1n) is 7.43. The molecule has 112 valence electrons. The molecule has 0 heterocycles. The fraction of sp³-hybridized carbons (Fsp3) is 0.562. The van der Waals surface area contributed by atoms with E-state index < -0.39 is 0 Å². The van der Waals surface area contributed by atoms with Gasteiger partial charge in [0.25, 0.3) is 0 Å². The summed E-state index contributed by atoms with van der Waals surface area (Å²) in [5.41, 5.74) is 8.22. The molecule has 0 bridgehead atoms. The summed E-state index contributed by atoms with van der Waals surface area (Å²) >= 11 is 0. The van der Waals surface area contributed by atoms with Crippen LogP contribution >= 0.6 is 0 Å². The Morgan fingerprint density at radius 3 is 2.75 bits per heavy atom. The van der Waals surface area contributed by atoms with Gasteiger partial charge in [-0.3, -0.25) is 0 Å². The van der Waals surface area contributed by atoms with Gasteiger partial charge in [-0.25, -0.2) is 4.99 Å². The number of hydrogen-bond donors (Lipinski definition) is 2. The maximum Gasteiger partial charge on any atom is 0.188 e. The highest BCUT2D eigenvalue weighted by atomic mass is 15.1. The zero-order chi connectivity index (χ0) is 14.8. The normalized spacial score (nSPS) is 11.4. The third kappa shape index (κ3) is 6.45. The first-order valence-corrected chi connectivity index (χ1v) is 7.43. The van der Waals surface area contributed by atoms with Crippen LogP contribution in [0.3, 0.4) is 0 Å². The van der Waals surface area contributed by atoms with Crippen molar-refractivity contribution in [1.29, 1.82) is 0 Å². The minimum atomic E-state index is 0.539. The lowest BCUT2D eigenvalue weighted by Gasteiger charge is -2.13. The maximum absolute atomic E-state index is 5.86. The zero-order valence-electron chi connectivity index (χ0n) is 13.0. The molecule has 1 aromatic carbocycles. The van der Waals surface area contributed by atoms with Gasteiger partial charge in [0.05, 0.1) is 6.54 Å². The highest BCUT2D eigenvalue weighted by Crippen LogP contribution is 2.13. The minimum Gasteiger partial charge on any atom is -0.378 e. The Kier molecular flexibility index (Phi) is 7.55. The third-order valence-electron chi connectivity index (χ3n) is 3.20. The fourth-order valence-electron chi connectivity index (χ4n) is 1.93. The molecule has 0 radical (unpaired) electrons. The van der Waals surface area contributed by atoms with Gasteiger partial charge >= 0.3 is 0 Å². The number of hydrogen-bond acceptors (Lipinski definition) is 2. The third-order valence-corrected chi connectivity index (χ3v) is 3.20. The number of guanidine groups is 1. The van der Waals surface area contributed by atoms with E-state index in [-0.39, 0.29) is 0 Å². The molecule has 1 aromatic rings. The number of aliphatic imine (C=N–C) groups is 1. The molecule has 4 nitrogen and oxygen atoms in total. The lowest BCUT2D eigenvalue weighted by Crippen LogP contribution is -2.32. The summed E-state index contributed by atoms with van der Waals surface area (Å²) in [5.74, 6) is 0.539. The Hall–Kier alpha value is -1.71. The van der Waals surface area contributed by atoms with E-state index in [1.807, 2.05) is 14.1 Å². The van der Waals surface area contributed by atoms with E-state index >= 15 is 0 Å². The second kappa shape index (κ2) is 9.23. The monoisotopic (exact) mass is 276 g/mol. The minimum absolute atomic E-state index is 0.539. The van der Waals surface area contributed by atoms with Crippen LogP contribution in [-0.4, -0.2) is 26.6 Å². The fourth-order valence-corrected chi connectivity index (χ4v) is 1.93. The summed E-state index contributed by atoms with van der Waals surface area (Å²) in [7, 11) is 4.07. The molecule has 0 saturated carbocycles. The van der Waals surface area contributed by atoms with Crippen molar-refractivity contribution in [3.05, 3.63) is 29.8 Å². The summed E-state index contributed by atoms with van der Waals surface area (Å²) in [6.07, 6.45) is 4.95. The van der Waals surface area contributed by atoms with Crippen LogP contribution in [0.2, 0.25) is 0 Å². The van der Waals surface area contributed by atoms with E-state index in [1.165, 1.54) is 30.5 Å². The summed E-state index contributed by atoms with van der Waals surface area (Å²) in [6.45, 7) is 3.74.